The van der Waals surface area contributed by atoms with Crippen LogP contribution in [0.15, 0.2) is 77.4 Å². The molecule has 0 spiro atoms. The van der Waals surface area contributed by atoms with Crippen LogP contribution in [-0.2, 0) is 6.42 Å². The Hall–Kier alpha value is -3.47. The van der Waals surface area contributed by atoms with Crippen molar-refractivity contribution in [3.05, 3.63) is 84.4 Å². The molecule has 0 bridgehead atoms. The van der Waals surface area contributed by atoms with E-state index in [0.717, 1.165) is 22.4 Å². The minimum atomic E-state index is 0.510. The van der Waals surface area contributed by atoms with E-state index in [0.29, 0.717) is 23.8 Å². The molecule has 0 saturated carbocycles. The predicted octanol–water partition coefficient (Wildman–Crippen LogP) is 4.40. The molecule has 0 aliphatic heterocycles. The molecule has 26 heavy (non-hydrogen) atoms. The molecular formula is C21H17N3O2. The molecule has 2 aromatic heterocycles. The van der Waals surface area contributed by atoms with Crippen LogP contribution in [0.1, 0.15) is 11.5 Å². The average molecular weight is 343 g/mol. The number of aromatic nitrogens is 3. The standard InChI is InChI=1S/C21H17N3O2/c1-25-18-11-9-17(10-12-18)16-7-5-15(6-8-16)14-20-23-21(24-26-20)19-4-2-3-13-22-19/h2-13H,14H2,1H3. The summed E-state index contributed by atoms with van der Waals surface area (Å²) >= 11 is 0. The van der Waals surface area contributed by atoms with Crippen LogP contribution in [0.5, 0.6) is 5.75 Å². The van der Waals surface area contributed by atoms with Gasteiger partial charge in [0.25, 0.3) is 0 Å². The molecule has 128 valence electrons. The Morgan fingerprint density at radius 2 is 1.62 bits per heavy atom. The van der Waals surface area contributed by atoms with Gasteiger partial charge in [0.15, 0.2) is 0 Å². The maximum Gasteiger partial charge on any atom is 0.231 e. The second-order valence-corrected chi connectivity index (χ2v) is 5.83. The summed E-state index contributed by atoms with van der Waals surface area (Å²) in [6.45, 7) is 0. The van der Waals surface area contributed by atoms with Crippen LogP contribution >= 0.6 is 0 Å². The minimum Gasteiger partial charge on any atom is -0.497 e. The van der Waals surface area contributed by atoms with Gasteiger partial charge in [0.05, 0.1) is 13.5 Å². The highest BCUT2D eigenvalue weighted by molar-refractivity contribution is 5.64. The Balaban J connectivity index is 1.48. The Kier molecular flexibility index (Phi) is 4.43. The molecule has 0 amide bonds. The summed E-state index contributed by atoms with van der Waals surface area (Å²) in [7, 11) is 1.67. The molecule has 5 heteroatoms. The van der Waals surface area contributed by atoms with Gasteiger partial charge in [0.2, 0.25) is 11.7 Å². The van der Waals surface area contributed by atoms with E-state index < -0.39 is 0 Å². The molecule has 0 fully saturated rings. The summed E-state index contributed by atoms with van der Waals surface area (Å²) in [6, 6.07) is 22.0. The van der Waals surface area contributed by atoms with Crippen molar-refractivity contribution in [3.8, 4) is 28.4 Å². The van der Waals surface area contributed by atoms with Gasteiger partial charge in [-0.25, -0.2) is 0 Å². The van der Waals surface area contributed by atoms with Gasteiger partial charge in [-0.05, 0) is 41.0 Å². The van der Waals surface area contributed by atoms with Crippen molar-refractivity contribution in [1.82, 2.24) is 15.1 Å². The lowest BCUT2D eigenvalue weighted by molar-refractivity contribution is 0.385. The molecule has 4 aromatic rings. The molecule has 2 heterocycles. The second kappa shape index (κ2) is 7.19. The lowest BCUT2D eigenvalue weighted by Gasteiger charge is -2.05. The first-order chi connectivity index (χ1) is 12.8. The van der Waals surface area contributed by atoms with Gasteiger partial charge < -0.3 is 9.26 Å². The average Bonchev–Trinajstić information content (AvgIpc) is 3.18. The fraction of sp³-hybridized carbons (Fsp3) is 0.0952. The molecule has 2 aromatic carbocycles. The summed E-state index contributed by atoms with van der Waals surface area (Å²) in [6.07, 6.45) is 2.30. The summed E-state index contributed by atoms with van der Waals surface area (Å²) < 4.78 is 10.5. The molecule has 4 rings (SSSR count). The van der Waals surface area contributed by atoms with E-state index in [2.05, 4.69) is 39.4 Å². The Morgan fingerprint density at radius 3 is 2.27 bits per heavy atom. The van der Waals surface area contributed by atoms with Crippen LogP contribution in [0.2, 0.25) is 0 Å². The molecule has 0 aliphatic rings. The smallest absolute Gasteiger partial charge is 0.231 e. The van der Waals surface area contributed by atoms with Crippen molar-refractivity contribution < 1.29 is 9.26 Å². The summed E-state index contributed by atoms with van der Waals surface area (Å²) in [5.74, 6) is 1.93. The van der Waals surface area contributed by atoms with E-state index in [1.807, 2.05) is 42.5 Å². The molecule has 0 saturated heterocycles. The summed E-state index contributed by atoms with van der Waals surface area (Å²) in [5.41, 5.74) is 4.11. The predicted molar refractivity (Wildman–Crippen MR) is 98.8 cm³/mol. The number of nitrogens with zero attached hydrogens (tertiary/aromatic N) is 3. The van der Waals surface area contributed by atoms with Crippen molar-refractivity contribution in [3.63, 3.8) is 0 Å². The lowest BCUT2D eigenvalue weighted by Crippen LogP contribution is -1.90. The number of rotatable bonds is 5. The Morgan fingerprint density at radius 1 is 0.885 bits per heavy atom. The molecule has 0 radical (unpaired) electrons. The first-order valence-electron chi connectivity index (χ1n) is 8.29. The third kappa shape index (κ3) is 3.47. The van der Waals surface area contributed by atoms with Gasteiger partial charge >= 0.3 is 0 Å². The zero-order chi connectivity index (χ0) is 17.8. The molecular weight excluding hydrogens is 326 g/mol. The molecule has 5 nitrogen and oxygen atoms in total. The van der Waals surface area contributed by atoms with Crippen molar-refractivity contribution >= 4 is 0 Å². The minimum absolute atomic E-state index is 0.510. The zero-order valence-corrected chi connectivity index (χ0v) is 14.3. The SMILES string of the molecule is COc1ccc(-c2ccc(Cc3nc(-c4ccccn4)no3)cc2)cc1. The highest BCUT2D eigenvalue weighted by Gasteiger charge is 2.10. The van der Waals surface area contributed by atoms with Crippen LogP contribution in [0.3, 0.4) is 0 Å². The second-order valence-electron chi connectivity index (χ2n) is 5.83. The first-order valence-corrected chi connectivity index (χ1v) is 8.29. The highest BCUT2D eigenvalue weighted by atomic mass is 16.5. The molecule has 0 N–H and O–H groups in total. The third-order valence-electron chi connectivity index (χ3n) is 4.09. The van der Waals surface area contributed by atoms with Gasteiger partial charge in [-0.3, -0.25) is 4.98 Å². The summed E-state index contributed by atoms with van der Waals surface area (Å²) in [5, 5.41) is 4.00. The number of methoxy groups -OCH3 is 1. The maximum atomic E-state index is 5.35. The third-order valence-corrected chi connectivity index (χ3v) is 4.09. The van der Waals surface area contributed by atoms with Crippen molar-refractivity contribution in [2.75, 3.05) is 7.11 Å². The molecule has 0 unspecified atom stereocenters. The van der Waals surface area contributed by atoms with E-state index in [4.69, 9.17) is 9.26 Å². The van der Waals surface area contributed by atoms with E-state index >= 15 is 0 Å². The van der Waals surface area contributed by atoms with Crippen LogP contribution in [0, 0.1) is 0 Å². The van der Waals surface area contributed by atoms with E-state index in [-0.39, 0.29) is 0 Å². The fourth-order valence-corrected chi connectivity index (χ4v) is 2.70. The van der Waals surface area contributed by atoms with E-state index in [9.17, 15) is 0 Å². The quantitative estimate of drug-likeness (QED) is 0.537. The maximum absolute atomic E-state index is 5.35. The number of benzene rings is 2. The molecule has 0 atom stereocenters. The largest absolute Gasteiger partial charge is 0.497 e. The monoisotopic (exact) mass is 343 g/mol. The van der Waals surface area contributed by atoms with Crippen LogP contribution < -0.4 is 4.74 Å². The van der Waals surface area contributed by atoms with Gasteiger partial charge in [0.1, 0.15) is 11.4 Å². The Bertz CT molecular complexity index is 978. The first kappa shape index (κ1) is 16.0. The van der Waals surface area contributed by atoms with E-state index in [1.54, 1.807) is 13.3 Å². The number of hydrogen-bond acceptors (Lipinski definition) is 5. The number of hydrogen-bond donors (Lipinski definition) is 0. The number of ether oxygens (including phenoxy) is 1. The zero-order valence-electron chi connectivity index (χ0n) is 14.3. The Labute approximate surface area is 151 Å². The topological polar surface area (TPSA) is 61.0 Å². The van der Waals surface area contributed by atoms with Crippen molar-refractivity contribution in [2.24, 2.45) is 0 Å². The van der Waals surface area contributed by atoms with E-state index in [1.165, 1.54) is 0 Å². The van der Waals surface area contributed by atoms with Gasteiger partial charge in [-0.1, -0.05) is 47.6 Å². The molecule has 0 aliphatic carbocycles. The summed E-state index contributed by atoms with van der Waals surface area (Å²) in [4.78, 5) is 8.65. The van der Waals surface area contributed by atoms with Gasteiger partial charge in [0, 0.05) is 6.20 Å². The fourth-order valence-electron chi connectivity index (χ4n) is 2.70. The van der Waals surface area contributed by atoms with Crippen LogP contribution in [-0.4, -0.2) is 22.2 Å². The lowest BCUT2D eigenvalue weighted by atomic mass is 10.0. The van der Waals surface area contributed by atoms with Crippen LogP contribution in [0.25, 0.3) is 22.6 Å². The highest BCUT2D eigenvalue weighted by Crippen LogP contribution is 2.23. The number of pyridine rings is 1. The van der Waals surface area contributed by atoms with Gasteiger partial charge in [-0.15, -0.1) is 0 Å². The van der Waals surface area contributed by atoms with Crippen molar-refractivity contribution in [1.29, 1.82) is 0 Å². The van der Waals surface area contributed by atoms with Crippen molar-refractivity contribution in [2.45, 2.75) is 6.42 Å². The normalized spacial score (nSPS) is 10.7. The van der Waals surface area contributed by atoms with Crippen LogP contribution in [0.4, 0.5) is 0 Å². The van der Waals surface area contributed by atoms with Gasteiger partial charge in [-0.2, -0.15) is 4.98 Å².